The Morgan fingerprint density at radius 2 is 2.04 bits per heavy atom. The van der Waals surface area contributed by atoms with Gasteiger partial charge in [0.1, 0.15) is 19.0 Å². The summed E-state index contributed by atoms with van der Waals surface area (Å²) in [4.78, 5) is 19.1. The molecule has 1 amide bonds. The number of rotatable bonds is 3. The number of piperidine rings is 1. The molecule has 1 N–H and O–H groups in total. The van der Waals surface area contributed by atoms with Gasteiger partial charge in [0.25, 0.3) is 5.91 Å². The zero-order chi connectivity index (χ0) is 17.9. The molecule has 1 atom stereocenters. The van der Waals surface area contributed by atoms with Gasteiger partial charge < -0.3 is 19.7 Å². The van der Waals surface area contributed by atoms with Crippen molar-refractivity contribution in [2.45, 2.75) is 19.8 Å². The number of benzene rings is 1. The third-order valence-corrected chi connectivity index (χ3v) is 4.77. The van der Waals surface area contributed by atoms with Crippen molar-refractivity contribution in [1.29, 1.82) is 0 Å². The number of amides is 1. The van der Waals surface area contributed by atoms with E-state index >= 15 is 0 Å². The first-order valence-electron chi connectivity index (χ1n) is 9.11. The van der Waals surface area contributed by atoms with Gasteiger partial charge in [-0.05, 0) is 43.0 Å². The van der Waals surface area contributed by atoms with Gasteiger partial charge in [-0.3, -0.25) is 4.79 Å². The van der Waals surface area contributed by atoms with Crippen LogP contribution in [0.3, 0.4) is 0 Å². The van der Waals surface area contributed by atoms with Gasteiger partial charge in [-0.1, -0.05) is 6.92 Å². The Morgan fingerprint density at radius 3 is 2.88 bits per heavy atom. The number of anilines is 2. The topological polar surface area (TPSA) is 63.7 Å². The quantitative estimate of drug-likeness (QED) is 0.915. The predicted octanol–water partition coefficient (Wildman–Crippen LogP) is 3.47. The van der Waals surface area contributed by atoms with E-state index in [0.717, 1.165) is 36.7 Å². The van der Waals surface area contributed by atoms with Crippen LogP contribution in [0, 0.1) is 5.92 Å². The minimum atomic E-state index is 0.0733. The minimum absolute atomic E-state index is 0.0733. The van der Waals surface area contributed by atoms with Gasteiger partial charge in [0.05, 0.1) is 0 Å². The number of carbonyl (C=O) groups is 1. The molecule has 2 aliphatic rings. The summed E-state index contributed by atoms with van der Waals surface area (Å²) in [5, 5.41) is 3.24. The van der Waals surface area contributed by atoms with Crippen molar-refractivity contribution >= 4 is 17.4 Å². The Hall–Kier alpha value is -2.76. The van der Waals surface area contributed by atoms with E-state index < -0.39 is 0 Å². The number of aromatic nitrogens is 1. The second-order valence-corrected chi connectivity index (χ2v) is 6.91. The third kappa shape index (κ3) is 3.59. The number of ether oxygens (including phenoxy) is 2. The van der Waals surface area contributed by atoms with Crippen LogP contribution < -0.4 is 14.8 Å². The van der Waals surface area contributed by atoms with Gasteiger partial charge in [0.15, 0.2) is 11.5 Å². The fourth-order valence-corrected chi connectivity index (χ4v) is 3.46. The SMILES string of the molecule is CC1CCCN(C(=O)c2ccnc(Nc3ccc4c(c3)OCCO4)c2)C1. The average Bonchev–Trinajstić information content (AvgIpc) is 2.67. The molecule has 1 aromatic carbocycles. The molecular formula is C20H23N3O3. The summed E-state index contributed by atoms with van der Waals surface area (Å²) in [5.41, 5.74) is 1.51. The number of nitrogens with one attached hydrogen (secondary N) is 1. The van der Waals surface area contributed by atoms with E-state index in [-0.39, 0.29) is 5.91 Å². The van der Waals surface area contributed by atoms with E-state index in [1.807, 2.05) is 23.1 Å². The highest BCUT2D eigenvalue weighted by Crippen LogP contribution is 2.33. The van der Waals surface area contributed by atoms with Gasteiger partial charge in [-0.25, -0.2) is 4.98 Å². The molecule has 6 heteroatoms. The first-order chi connectivity index (χ1) is 12.7. The number of nitrogens with zero attached hydrogens (tertiary/aromatic N) is 2. The second-order valence-electron chi connectivity index (χ2n) is 6.91. The molecule has 0 bridgehead atoms. The van der Waals surface area contributed by atoms with Crippen LogP contribution in [0.2, 0.25) is 0 Å². The van der Waals surface area contributed by atoms with E-state index in [1.165, 1.54) is 6.42 Å². The van der Waals surface area contributed by atoms with E-state index in [9.17, 15) is 4.79 Å². The lowest BCUT2D eigenvalue weighted by Crippen LogP contribution is -2.39. The van der Waals surface area contributed by atoms with E-state index in [2.05, 4.69) is 17.2 Å². The lowest BCUT2D eigenvalue weighted by Gasteiger charge is -2.31. The Kier molecular flexibility index (Phi) is 4.65. The molecule has 0 saturated carbocycles. The van der Waals surface area contributed by atoms with Gasteiger partial charge in [-0.15, -0.1) is 0 Å². The molecule has 26 heavy (non-hydrogen) atoms. The summed E-state index contributed by atoms with van der Waals surface area (Å²) in [6.07, 6.45) is 3.93. The molecule has 0 spiro atoms. The molecule has 4 rings (SSSR count). The maximum atomic E-state index is 12.8. The Balaban J connectivity index is 1.50. The molecule has 1 fully saturated rings. The monoisotopic (exact) mass is 353 g/mol. The molecular weight excluding hydrogens is 330 g/mol. The van der Waals surface area contributed by atoms with E-state index in [0.29, 0.717) is 30.5 Å². The highest BCUT2D eigenvalue weighted by Gasteiger charge is 2.22. The van der Waals surface area contributed by atoms with Gasteiger partial charge in [-0.2, -0.15) is 0 Å². The largest absolute Gasteiger partial charge is 0.486 e. The summed E-state index contributed by atoms with van der Waals surface area (Å²) < 4.78 is 11.1. The molecule has 1 saturated heterocycles. The van der Waals surface area contributed by atoms with Crippen molar-refractivity contribution in [3.63, 3.8) is 0 Å². The van der Waals surface area contributed by atoms with Crippen molar-refractivity contribution in [3.8, 4) is 11.5 Å². The van der Waals surface area contributed by atoms with Crippen LogP contribution >= 0.6 is 0 Å². The molecule has 0 aliphatic carbocycles. The highest BCUT2D eigenvalue weighted by molar-refractivity contribution is 5.95. The molecule has 2 aliphatic heterocycles. The molecule has 136 valence electrons. The van der Waals surface area contributed by atoms with Crippen molar-refractivity contribution in [2.75, 3.05) is 31.6 Å². The molecule has 6 nitrogen and oxygen atoms in total. The van der Waals surface area contributed by atoms with Crippen LogP contribution in [-0.2, 0) is 0 Å². The van der Waals surface area contributed by atoms with Gasteiger partial charge in [0, 0.05) is 36.6 Å². The van der Waals surface area contributed by atoms with Crippen molar-refractivity contribution in [1.82, 2.24) is 9.88 Å². The zero-order valence-corrected chi connectivity index (χ0v) is 14.9. The number of pyridine rings is 1. The molecule has 1 aromatic heterocycles. The molecule has 1 unspecified atom stereocenters. The Labute approximate surface area is 153 Å². The first kappa shape index (κ1) is 16.7. The van der Waals surface area contributed by atoms with Crippen molar-refractivity contribution in [2.24, 2.45) is 5.92 Å². The lowest BCUT2D eigenvalue weighted by atomic mass is 9.99. The van der Waals surface area contributed by atoms with Crippen LogP contribution in [-0.4, -0.2) is 42.1 Å². The predicted molar refractivity (Wildman–Crippen MR) is 99.3 cm³/mol. The summed E-state index contributed by atoms with van der Waals surface area (Å²) in [6, 6.07) is 9.25. The smallest absolute Gasteiger partial charge is 0.254 e. The second kappa shape index (κ2) is 7.23. The fourth-order valence-electron chi connectivity index (χ4n) is 3.46. The third-order valence-electron chi connectivity index (χ3n) is 4.77. The van der Waals surface area contributed by atoms with Crippen LogP contribution in [0.5, 0.6) is 11.5 Å². The number of hydrogen-bond acceptors (Lipinski definition) is 5. The van der Waals surface area contributed by atoms with E-state index in [1.54, 1.807) is 18.3 Å². The highest BCUT2D eigenvalue weighted by atomic mass is 16.6. The molecule has 2 aromatic rings. The number of hydrogen-bond donors (Lipinski definition) is 1. The lowest BCUT2D eigenvalue weighted by molar-refractivity contribution is 0.0683. The van der Waals surface area contributed by atoms with Crippen LogP contribution in [0.25, 0.3) is 0 Å². The van der Waals surface area contributed by atoms with Crippen molar-refractivity contribution < 1.29 is 14.3 Å². The summed E-state index contributed by atoms with van der Waals surface area (Å²) in [6.45, 7) is 4.97. The number of likely N-dealkylation sites (tertiary alicyclic amines) is 1. The number of carbonyl (C=O) groups excluding carboxylic acids is 1. The Morgan fingerprint density at radius 1 is 1.19 bits per heavy atom. The van der Waals surface area contributed by atoms with Crippen molar-refractivity contribution in [3.05, 3.63) is 42.1 Å². The van der Waals surface area contributed by atoms with Crippen LogP contribution in [0.1, 0.15) is 30.1 Å². The maximum Gasteiger partial charge on any atom is 0.254 e. The van der Waals surface area contributed by atoms with Gasteiger partial charge >= 0.3 is 0 Å². The Bertz CT molecular complexity index is 809. The summed E-state index contributed by atoms with van der Waals surface area (Å²) >= 11 is 0. The average molecular weight is 353 g/mol. The fraction of sp³-hybridized carbons (Fsp3) is 0.400. The minimum Gasteiger partial charge on any atom is -0.486 e. The van der Waals surface area contributed by atoms with E-state index in [4.69, 9.17) is 9.47 Å². The molecule has 0 radical (unpaired) electrons. The van der Waals surface area contributed by atoms with Gasteiger partial charge in [0.2, 0.25) is 0 Å². The van der Waals surface area contributed by atoms with Crippen LogP contribution in [0.15, 0.2) is 36.5 Å². The van der Waals surface area contributed by atoms with Crippen LogP contribution in [0.4, 0.5) is 11.5 Å². The molecule has 3 heterocycles. The first-order valence-corrected chi connectivity index (χ1v) is 9.11. The summed E-state index contributed by atoms with van der Waals surface area (Å²) in [5.74, 6) is 2.74. The normalized spacial score (nSPS) is 19.1. The zero-order valence-electron chi connectivity index (χ0n) is 14.9. The summed E-state index contributed by atoms with van der Waals surface area (Å²) in [7, 11) is 0. The number of fused-ring (bicyclic) bond motifs is 1. The standard InChI is InChI=1S/C20H23N3O3/c1-14-3-2-8-23(13-14)20(24)15-6-7-21-19(11-15)22-16-4-5-17-18(12-16)26-10-9-25-17/h4-7,11-12,14H,2-3,8-10,13H2,1H3,(H,21,22). The maximum absolute atomic E-state index is 12.8.